The summed E-state index contributed by atoms with van der Waals surface area (Å²) in [6.45, 7) is 9.32. The van der Waals surface area contributed by atoms with Crippen molar-refractivity contribution in [3.8, 4) is 0 Å². The fraction of sp³-hybridized carbons (Fsp3) is 0.562. The highest BCUT2D eigenvalue weighted by Crippen LogP contribution is 2.22. The van der Waals surface area contributed by atoms with Gasteiger partial charge < -0.3 is 14.2 Å². The Labute approximate surface area is 142 Å². The number of hydrogen-bond acceptors (Lipinski definition) is 3. The third kappa shape index (κ3) is 4.91. The van der Waals surface area contributed by atoms with Gasteiger partial charge in [0.05, 0.1) is 17.6 Å². The second kappa shape index (κ2) is 7.25. The zero-order chi connectivity index (χ0) is 16.3. The van der Waals surface area contributed by atoms with E-state index in [1.54, 1.807) is 0 Å². The van der Waals surface area contributed by atoms with E-state index in [1.807, 2.05) is 6.07 Å². The summed E-state index contributed by atoms with van der Waals surface area (Å²) in [7, 11) is 3.08. The first kappa shape index (κ1) is 17.7. The zero-order valence-electron chi connectivity index (χ0n) is 14.2. The first-order valence-electron chi connectivity index (χ1n) is 7.63. The van der Waals surface area contributed by atoms with Crippen LogP contribution in [0.4, 0.5) is 0 Å². The Morgan fingerprint density at radius 1 is 1.27 bits per heavy atom. The molecule has 0 bridgehead atoms. The Balaban J connectivity index is 2.19. The predicted octanol–water partition coefficient (Wildman–Crippen LogP) is 4.17. The monoisotopic (exact) mass is 383 g/mol. The van der Waals surface area contributed by atoms with Crippen molar-refractivity contribution in [1.29, 1.82) is 0 Å². The number of benzene rings is 1. The maximum absolute atomic E-state index is 5.95. The van der Waals surface area contributed by atoms with Gasteiger partial charge >= 0.3 is 0 Å². The average molecular weight is 384 g/mol. The number of imidazole rings is 1. The van der Waals surface area contributed by atoms with E-state index in [4.69, 9.17) is 9.72 Å². The maximum atomic E-state index is 5.95. The van der Waals surface area contributed by atoms with E-state index in [0.29, 0.717) is 6.73 Å². The van der Waals surface area contributed by atoms with Gasteiger partial charge in [-0.3, -0.25) is 0 Å². The van der Waals surface area contributed by atoms with Gasteiger partial charge in [0.15, 0.2) is 0 Å². The summed E-state index contributed by atoms with van der Waals surface area (Å²) in [6.07, 6.45) is 0. The lowest BCUT2D eigenvalue weighted by Gasteiger charge is -2.17. The molecule has 1 aromatic heterocycles. The lowest BCUT2D eigenvalue weighted by atomic mass is 10.3. The summed E-state index contributed by atoms with van der Waals surface area (Å²) < 4.78 is 9.20. The van der Waals surface area contributed by atoms with Crippen LogP contribution in [0.25, 0.3) is 11.0 Å². The van der Waals surface area contributed by atoms with Gasteiger partial charge in [0.1, 0.15) is 12.6 Å². The van der Waals surface area contributed by atoms with Gasteiger partial charge in [-0.15, -0.1) is 0 Å². The number of rotatable bonds is 7. The summed E-state index contributed by atoms with van der Waals surface area (Å²) in [5.41, 5.74) is 2.15. The normalized spacial score (nSPS) is 12.5. The molecule has 0 fully saturated rings. The molecule has 0 aliphatic heterocycles. The van der Waals surface area contributed by atoms with Crippen molar-refractivity contribution in [2.75, 3.05) is 20.7 Å². The second-order valence-corrected chi connectivity index (χ2v) is 13.7. The van der Waals surface area contributed by atoms with Crippen molar-refractivity contribution >= 4 is 35.0 Å². The van der Waals surface area contributed by atoms with Crippen molar-refractivity contribution in [1.82, 2.24) is 14.5 Å². The van der Waals surface area contributed by atoms with Crippen molar-refractivity contribution in [2.24, 2.45) is 0 Å². The first-order valence-corrected chi connectivity index (χ1v) is 12.1. The minimum Gasteiger partial charge on any atom is -0.361 e. The van der Waals surface area contributed by atoms with Crippen LogP contribution in [0.15, 0.2) is 22.7 Å². The number of halogens is 1. The molecule has 0 saturated heterocycles. The standard InChI is InChI=1S/C16H26BrN3OSi/c1-19(2)11-16-18-14-7-6-13(17)10-15(14)20(16)12-21-8-9-22(3,4)5/h6-7,10H,8-9,11-12H2,1-5H3. The van der Waals surface area contributed by atoms with E-state index in [0.717, 1.165) is 34.5 Å². The number of aromatic nitrogens is 2. The molecule has 0 atom stereocenters. The van der Waals surface area contributed by atoms with E-state index in [-0.39, 0.29) is 0 Å². The molecule has 0 aliphatic carbocycles. The van der Waals surface area contributed by atoms with Crippen LogP contribution < -0.4 is 0 Å². The number of nitrogens with zero attached hydrogens (tertiary/aromatic N) is 3. The van der Waals surface area contributed by atoms with E-state index in [2.05, 4.69) is 71.3 Å². The van der Waals surface area contributed by atoms with Crippen LogP contribution in [0.3, 0.4) is 0 Å². The molecule has 6 heteroatoms. The molecule has 0 N–H and O–H groups in total. The Morgan fingerprint density at radius 2 is 2.00 bits per heavy atom. The van der Waals surface area contributed by atoms with Gasteiger partial charge in [-0.05, 0) is 38.3 Å². The van der Waals surface area contributed by atoms with Crippen LogP contribution in [0.2, 0.25) is 25.7 Å². The highest BCUT2D eigenvalue weighted by Gasteiger charge is 2.14. The lowest BCUT2D eigenvalue weighted by Crippen LogP contribution is -2.22. The van der Waals surface area contributed by atoms with Crippen molar-refractivity contribution < 1.29 is 4.74 Å². The topological polar surface area (TPSA) is 30.3 Å². The highest BCUT2D eigenvalue weighted by molar-refractivity contribution is 9.10. The fourth-order valence-corrected chi connectivity index (χ4v) is 3.33. The molecule has 122 valence electrons. The summed E-state index contributed by atoms with van der Waals surface area (Å²) >= 11 is 3.55. The first-order chi connectivity index (χ1) is 10.3. The Bertz CT molecular complexity index is 634. The fourth-order valence-electron chi connectivity index (χ4n) is 2.23. The molecule has 0 amide bonds. The predicted molar refractivity (Wildman–Crippen MR) is 98.9 cm³/mol. The summed E-state index contributed by atoms with van der Waals surface area (Å²) in [4.78, 5) is 6.88. The van der Waals surface area contributed by atoms with E-state index >= 15 is 0 Å². The third-order valence-electron chi connectivity index (χ3n) is 3.46. The van der Waals surface area contributed by atoms with E-state index in [1.165, 1.54) is 6.04 Å². The SMILES string of the molecule is CN(C)Cc1nc2ccc(Br)cc2n1COCC[Si](C)(C)C. The maximum Gasteiger partial charge on any atom is 0.125 e. The van der Waals surface area contributed by atoms with Crippen LogP contribution in [0.5, 0.6) is 0 Å². The van der Waals surface area contributed by atoms with Crippen molar-refractivity contribution in [3.05, 3.63) is 28.5 Å². The number of ether oxygens (including phenoxy) is 1. The largest absolute Gasteiger partial charge is 0.361 e. The van der Waals surface area contributed by atoms with Gasteiger partial charge in [-0.25, -0.2) is 4.98 Å². The van der Waals surface area contributed by atoms with Gasteiger partial charge in [0.2, 0.25) is 0 Å². The second-order valence-electron chi connectivity index (χ2n) is 7.17. The third-order valence-corrected chi connectivity index (χ3v) is 5.66. The van der Waals surface area contributed by atoms with Crippen molar-refractivity contribution in [2.45, 2.75) is 39.0 Å². The molecule has 22 heavy (non-hydrogen) atoms. The van der Waals surface area contributed by atoms with Crippen LogP contribution in [-0.4, -0.2) is 43.2 Å². The van der Waals surface area contributed by atoms with Gasteiger partial charge in [-0.1, -0.05) is 35.6 Å². The molecule has 2 aromatic rings. The molecular formula is C16H26BrN3OSi. The molecule has 0 aliphatic rings. The van der Waals surface area contributed by atoms with Gasteiger partial charge in [-0.2, -0.15) is 0 Å². The molecule has 0 spiro atoms. The Hall–Kier alpha value is -0.693. The smallest absolute Gasteiger partial charge is 0.125 e. The molecule has 2 rings (SSSR count). The summed E-state index contributed by atoms with van der Waals surface area (Å²) in [5.74, 6) is 1.05. The molecule has 0 radical (unpaired) electrons. The minimum absolute atomic E-state index is 0.570. The van der Waals surface area contributed by atoms with Crippen LogP contribution >= 0.6 is 15.9 Å². The van der Waals surface area contributed by atoms with E-state index < -0.39 is 8.07 Å². The number of hydrogen-bond donors (Lipinski definition) is 0. The minimum atomic E-state index is -1.05. The van der Waals surface area contributed by atoms with Gasteiger partial charge in [0, 0.05) is 19.2 Å². The zero-order valence-corrected chi connectivity index (χ0v) is 16.8. The quantitative estimate of drug-likeness (QED) is 0.530. The lowest BCUT2D eigenvalue weighted by molar-refractivity contribution is 0.0866. The van der Waals surface area contributed by atoms with Crippen molar-refractivity contribution in [3.63, 3.8) is 0 Å². The number of fused-ring (bicyclic) bond motifs is 1. The van der Waals surface area contributed by atoms with E-state index in [9.17, 15) is 0 Å². The average Bonchev–Trinajstić information content (AvgIpc) is 2.70. The van der Waals surface area contributed by atoms with Crippen LogP contribution in [-0.2, 0) is 18.0 Å². The van der Waals surface area contributed by atoms with Crippen LogP contribution in [0.1, 0.15) is 5.82 Å². The molecule has 4 nitrogen and oxygen atoms in total. The van der Waals surface area contributed by atoms with Gasteiger partial charge in [0.25, 0.3) is 0 Å². The summed E-state index contributed by atoms with van der Waals surface area (Å²) in [6, 6.07) is 7.39. The highest BCUT2D eigenvalue weighted by atomic mass is 79.9. The molecule has 1 heterocycles. The molecular weight excluding hydrogens is 358 g/mol. The molecule has 0 saturated carbocycles. The molecule has 0 unspecified atom stereocenters. The Kier molecular flexibility index (Phi) is 5.82. The molecule has 1 aromatic carbocycles. The summed E-state index contributed by atoms with van der Waals surface area (Å²) in [5, 5.41) is 0. The Morgan fingerprint density at radius 3 is 2.64 bits per heavy atom. The van der Waals surface area contributed by atoms with Crippen LogP contribution in [0, 0.1) is 0 Å².